The molecular formula is C21H25N3O4. The number of nitrogens with zero attached hydrogens (tertiary/aromatic N) is 3. The summed E-state index contributed by atoms with van der Waals surface area (Å²) in [6, 6.07) is 8.92. The average molecular weight is 383 g/mol. The Bertz CT molecular complexity index is 841. The van der Waals surface area contributed by atoms with E-state index < -0.39 is 11.7 Å². The molecule has 148 valence electrons. The smallest absolute Gasteiger partial charge is 0.417 e. The van der Waals surface area contributed by atoms with E-state index in [1.807, 2.05) is 24.4 Å². The molecule has 7 nitrogen and oxygen atoms in total. The van der Waals surface area contributed by atoms with Crippen LogP contribution in [0.25, 0.3) is 5.69 Å². The third-order valence-corrected chi connectivity index (χ3v) is 4.70. The number of aromatic nitrogens is 2. The van der Waals surface area contributed by atoms with Gasteiger partial charge in [-0.15, -0.1) is 0 Å². The first-order chi connectivity index (χ1) is 13.4. The molecular weight excluding hydrogens is 358 g/mol. The van der Waals surface area contributed by atoms with Crippen LogP contribution in [0.5, 0.6) is 0 Å². The zero-order valence-electron chi connectivity index (χ0n) is 16.3. The van der Waals surface area contributed by atoms with Crippen molar-refractivity contribution in [1.29, 1.82) is 0 Å². The third kappa shape index (κ3) is 4.85. The van der Waals surface area contributed by atoms with Crippen molar-refractivity contribution in [2.45, 2.75) is 51.6 Å². The van der Waals surface area contributed by atoms with E-state index in [-0.39, 0.29) is 18.1 Å². The van der Waals surface area contributed by atoms with Crippen LogP contribution in [-0.2, 0) is 9.53 Å². The number of rotatable bonds is 5. The Kier molecular flexibility index (Phi) is 5.92. The maximum Gasteiger partial charge on any atom is 0.417 e. The van der Waals surface area contributed by atoms with Crippen molar-refractivity contribution in [2.24, 2.45) is 0 Å². The molecule has 1 aromatic carbocycles. The highest BCUT2D eigenvalue weighted by Gasteiger charge is 2.32. The molecule has 0 spiro atoms. The predicted molar refractivity (Wildman–Crippen MR) is 103 cm³/mol. The van der Waals surface area contributed by atoms with Crippen molar-refractivity contribution in [3.63, 3.8) is 0 Å². The topological polar surface area (TPSA) is 81.5 Å². The van der Waals surface area contributed by atoms with Gasteiger partial charge in [0.25, 0.3) is 0 Å². The fraction of sp³-hybridized carbons (Fsp3) is 0.429. The maximum absolute atomic E-state index is 12.6. The normalized spacial score (nSPS) is 15.2. The van der Waals surface area contributed by atoms with Gasteiger partial charge < -0.3 is 4.74 Å². The Hall–Kier alpha value is -2.96. The summed E-state index contributed by atoms with van der Waals surface area (Å²) >= 11 is 0. The molecule has 2 aromatic rings. The van der Waals surface area contributed by atoms with Gasteiger partial charge in [-0.05, 0) is 57.0 Å². The quantitative estimate of drug-likeness (QED) is 0.734. The van der Waals surface area contributed by atoms with Crippen molar-refractivity contribution in [2.75, 3.05) is 6.54 Å². The molecule has 0 unspecified atom stereocenters. The zero-order chi connectivity index (χ0) is 20.1. The second-order valence-electron chi connectivity index (χ2n) is 7.58. The van der Waals surface area contributed by atoms with Crippen molar-refractivity contribution >= 4 is 17.8 Å². The van der Waals surface area contributed by atoms with Crippen LogP contribution in [0.15, 0.2) is 42.7 Å². The van der Waals surface area contributed by atoms with Crippen LogP contribution in [0, 0.1) is 0 Å². The minimum Gasteiger partial charge on any atom is -0.443 e. The summed E-state index contributed by atoms with van der Waals surface area (Å²) in [4.78, 5) is 38.3. The molecule has 0 aliphatic carbocycles. The highest BCUT2D eigenvalue weighted by Crippen LogP contribution is 2.22. The van der Waals surface area contributed by atoms with Crippen LogP contribution in [0.3, 0.4) is 0 Å². The zero-order valence-corrected chi connectivity index (χ0v) is 16.3. The molecule has 1 aliphatic rings. The number of likely N-dealkylation sites (tertiary alicyclic amines) is 1. The van der Waals surface area contributed by atoms with Gasteiger partial charge in [-0.3, -0.25) is 9.59 Å². The minimum absolute atomic E-state index is 0.0296. The summed E-state index contributed by atoms with van der Waals surface area (Å²) in [5.41, 5.74) is 0.374. The number of Topliss-reactive ketones (excluding diaryl/α,β-unsaturated/α-hetero) is 1. The largest absolute Gasteiger partial charge is 0.443 e. The molecule has 2 heterocycles. The van der Waals surface area contributed by atoms with Gasteiger partial charge >= 0.3 is 6.09 Å². The summed E-state index contributed by atoms with van der Waals surface area (Å²) in [5.74, 6) is -0.342. The van der Waals surface area contributed by atoms with Crippen LogP contribution < -0.4 is 0 Å². The number of ether oxygens (including phenoxy) is 1. The molecule has 0 radical (unpaired) electrons. The van der Waals surface area contributed by atoms with Gasteiger partial charge in [-0.25, -0.2) is 14.4 Å². The lowest BCUT2D eigenvalue weighted by atomic mass is 9.97. The molecule has 1 aliphatic heterocycles. The van der Waals surface area contributed by atoms with Crippen LogP contribution in [0.1, 0.15) is 56.3 Å². The second kappa shape index (κ2) is 8.37. The molecule has 0 atom stereocenters. The molecule has 1 aromatic heterocycles. The lowest BCUT2D eigenvalue weighted by molar-refractivity contribution is -0.129. The fourth-order valence-electron chi connectivity index (χ4n) is 3.21. The summed E-state index contributed by atoms with van der Waals surface area (Å²) in [6.45, 7) is 3.74. The monoisotopic (exact) mass is 383 g/mol. The van der Waals surface area contributed by atoms with Crippen LogP contribution in [-0.4, -0.2) is 44.6 Å². The Balaban J connectivity index is 1.61. The minimum atomic E-state index is -1.01. The van der Waals surface area contributed by atoms with E-state index in [2.05, 4.69) is 5.10 Å². The van der Waals surface area contributed by atoms with Gasteiger partial charge in [0.05, 0.1) is 12.1 Å². The molecule has 2 amide bonds. The SMILES string of the molecule is CC(C)(CC(=O)c1ccc(-n2cccn2)cc1)OC(=O)N1CCCCCC1=O. The Morgan fingerprint density at radius 3 is 2.57 bits per heavy atom. The van der Waals surface area contributed by atoms with Gasteiger partial charge in [0.1, 0.15) is 5.60 Å². The molecule has 0 bridgehead atoms. The Morgan fingerprint density at radius 1 is 1.14 bits per heavy atom. The van der Waals surface area contributed by atoms with Crippen LogP contribution in [0.2, 0.25) is 0 Å². The van der Waals surface area contributed by atoms with E-state index in [0.29, 0.717) is 18.5 Å². The van der Waals surface area contributed by atoms with Crippen LogP contribution in [0.4, 0.5) is 4.79 Å². The van der Waals surface area contributed by atoms with Gasteiger partial charge in [0, 0.05) is 30.9 Å². The number of imide groups is 1. The summed E-state index contributed by atoms with van der Waals surface area (Å²) in [7, 11) is 0. The van der Waals surface area contributed by atoms with E-state index in [1.54, 1.807) is 36.9 Å². The predicted octanol–water partition coefficient (Wildman–Crippen LogP) is 3.76. The van der Waals surface area contributed by atoms with Crippen LogP contribution >= 0.6 is 0 Å². The number of carbonyl (C=O) groups is 3. The van der Waals surface area contributed by atoms with E-state index in [4.69, 9.17) is 4.74 Å². The Labute approximate surface area is 164 Å². The van der Waals surface area contributed by atoms with E-state index >= 15 is 0 Å². The highest BCUT2D eigenvalue weighted by atomic mass is 16.6. The fourth-order valence-corrected chi connectivity index (χ4v) is 3.21. The molecule has 28 heavy (non-hydrogen) atoms. The lowest BCUT2D eigenvalue weighted by Gasteiger charge is -2.28. The van der Waals surface area contributed by atoms with Gasteiger partial charge in [-0.1, -0.05) is 6.42 Å². The molecule has 0 N–H and O–H groups in total. The summed E-state index contributed by atoms with van der Waals surface area (Å²) in [6.07, 6.45) is 5.72. The molecule has 1 fully saturated rings. The number of benzene rings is 1. The maximum atomic E-state index is 12.6. The summed E-state index contributed by atoms with van der Waals surface area (Å²) < 4.78 is 7.22. The molecule has 3 rings (SSSR count). The van der Waals surface area contributed by atoms with E-state index in [0.717, 1.165) is 29.8 Å². The highest BCUT2D eigenvalue weighted by molar-refractivity contribution is 5.97. The average Bonchev–Trinajstić information content (AvgIpc) is 3.09. The van der Waals surface area contributed by atoms with Gasteiger partial charge in [-0.2, -0.15) is 5.10 Å². The first kappa shape index (κ1) is 19.8. The number of hydrogen-bond acceptors (Lipinski definition) is 5. The van der Waals surface area contributed by atoms with Crippen molar-refractivity contribution in [3.05, 3.63) is 48.3 Å². The first-order valence-electron chi connectivity index (χ1n) is 9.52. The van der Waals surface area contributed by atoms with Gasteiger partial charge in [0.15, 0.2) is 5.78 Å². The Morgan fingerprint density at radius 2 is 1.89 bits per heavy atom. The van der Waals surface area contributed by atoms with E-state index in [9.17, 15) is 14.4 Å². The standard InChI is InChI=1S/C21H25N3O4/c1-21(2,28-20(27)23-13-5-3-4-7-19(23)26)15-18(25)16-8-10-17(11-9-16)24-14-6-12-22-24/h6,8-12,14H,3-5,7,13,15H2,1-2H3. The number of ketones is 1. The second-order valence-corrected chi connectivity index (χ2v) is 7.58. The number of hydrogen-bond donors (Lipinski definition) is 0. The van der Waals surface area contributed by atoms with Crippen molar-refractivity contribution < 1.29 is 19.1 Å². The number of amides is 2. The molecule has 0 saturated carbocycles. The van der Waals surface area contributed by atoms with Crippen molar-refractivity contribution in [1.82, 2.24) is 14.7 Å². The molecule has 7 heteroatoms. The van der Waals surface area contributed by atoms with Crippen molar-refractivity contribution in [3.8, 4) is 5.69 Å². The van der Waals surface area contributed by atoms with E-state index in [1.165, 1.54) is 0 Å². The lowest BCUT2D eigenvalue weighted by Crippen LogP contribution is -2.42. The molecule has 1 saturated heterocycles. The number of carbonyl (C=O) groups excluding carboxylic acids is 3. The third-order valence-electron chi connectivity index (χ3n) is 4.70. The van der Waals surface area contributed by atoms with Gasteiger partial charge in [0.2, 0.25) is 5.91 Å². The first-order valence-corrected chi connectivity index (χ1v) is 9.52. The summed E-state index contributed by atoms with van der Waals surface area (Å²) in [5, 5.41) is 4.15.